The van der Waals surface area contributed by atoms with Crippen LogP contribution in [0.15, 0.2) is 12.1 Å². The molecule has 0 unspecified atom stereocenters. The molecule has 1 heterocycles. The number of nitrogens with zero attached hydrogens (tertiary/aromatic N) is 1. The van der Waals surface area contributed by atoms with Crippen molar-refractivity contribution in [1.82, 2.24) is 10.3 Å². The van der Waals surface area contributed by atoms with Crippen LogP contribution in [0.5, 0.6) is 0 Å². The molecule has 2 heteroatoms. The molecular formula is C11H18N2. The van der Waals surface area contributed by atoms with Crippen LogP contribution in [0, 0.1) is 0 Å². The van der Waals surface area contributed by atoms with Gasteiger partial charge in [0.2, 0.25) is 0 Å². The Hall–Kier alpha value is -0.890. The van der Waals surface area contributed by atoms with Gasteiger partial charge in [0.1, 0.15) is 0 Å². The first-order valence-electron chi connectivity index (χ1n) is 4.94. The molecule has 72 valence electrons. The van der Waals surface area contributed by atoms with Crippen molar-refractivity contribution in [3.63, 3.8) is 0 Å². The number of pyridine rings is 1. The minimum atomic E-state index is 0.858. The van der Waals surface area contributed by atoms with E-state index in [0.717, 1.165) is 25.1 Å². The first-order valence-corrected chi connectivity index (χ1v) is 4.94. The van der Waals surface area contributed by atoms with E-state index in [1.54, 1.807) is 0 Å². The number of aryl methyl sites for hydroxylation is 2. The molecule has 0 spiro atoms. The summed E-state index contributed by atoms with van der Waals surface area (Å²) in [6.45, 7) is 5.19. The van der Waals surface area contributed by atoms with Crippen molar-refractivity contribution in [3.05, 3.63) is 29.1 Å². The molecule has 0 fully saturated rings. The van der Waals surface area contributed by atoms with Crippen molar-refractivity contribution in [1.29, 1.82) is 0 Å². The molecule has 1 aromatic rings. The summed E-state index contributed by atoms with van der Waals surface area (Å²) in [5.41, 5.74) is 3.76. The van der Waals surface area contributed by atoms with Crippen molar-refractivity contribution >= 4 is 0 Å². The van der Waals surface area contributed by atoms with Gasteiger partial charge in [-0.15, -0.1) is 0 Å². The quantitative estimate of drug-likeness (QED) is 0.762. The molecule has 1 aromatic heterocycles. The Labute approximate surface area is 80.4 Å². The van der Waals surface area contributed by atoms with Crippen molar-refractivity contribution < 1.29 is 0 Å². The Morgan fingerprint density at radius 1 is 1.23 bits per heavy atom. The lowest BCUT2D eigenvalue weighted by atomic mass is 10.1. The van der Waals surface area contributed by atoms with Crippen LogP contribution in [0.2, 0.25) is 0 Å². The third-order valence-electron chi connectivity index (χ3n) is 2.20. The van der Waals surface area contributed by atoms with Crippen LogP contribution in [-0.2, 0) is 19.4 Å². The molecule has 1 rings (SSSR count). The maximum atomic E-state index is 4.59. The summed E-state index contributed by atoms with van der Waals surface area (Å²) < 4.78 is 0. The highest BCUT2D eigenvalue weighted by Crippen LogP contribution is 2.09. The zero-order chi connectivity index (χ0) is 9.68. The van der Waals surface area contributed by atoms with Gasteiger partial charge in [0.15, 0.2) is 0 Å². The predicted octanol–water partition coefficient (Wildman–Crippen LogP) is 1.93. The zero-order valence-electron chi connectivity index (χ0n) is 8.72. The average molecular weight is 178 g/mol. The van der Waals surface area contributed by atoms with Crippen LogP contribution in [0.1, 0.15) is 30.8 Å². The monoisotopic (exact) mass is 178 g/mol. The van der Waals surface area contributed by atoms with Crippen molar-refractivity contribution in [2.75, 3.05) is 7.05 Å². The lowest BCUT2D eigenvalue weighted by Gasteiger charge is -2.07. The Kier molecular flexibility index (Phi) is 3.90. The van der Waals surface area contributed by atoms with Gasteiger partial charge in [-0.2, -0.15) is 0 Å². The second kappa shape index (κ2) is 4.97. The minimum absolute atomic E-state index is 0.858. The van der Waals surface area contributed by atoms with Gasteiger partial charge in [0.25, 0.3) is 0 Å². The van der Waals surface area contributed by atoms with E-state index in [4.69, 9.17) is 0 Å². The number of hydrogen-bond acceptors (Lipinski definition) is 2. The standard InChI is InChI=1S/C11H18N2/c1-4-9-6-7-10(8-12-3)13-11(9)5-2/h6-7,12H,4-5,8H2,1-3H3. The highest BCUT2D eigenvalue weighted by molar-refractivity contribution is 5.23. The number of hydrogen-bond donors (Lipinski definition) is 1. The molecule has 0 aromatic carbocycles. The van der Waals surface area contributed by atoms with Crippen LogP contribution in [0.3, 0.4) is 0 Å². The van der Waals surface area contributed by atoms with Crippen molar-refractivity contribution in [2.45, 2.75) is 33.2 Å². The fourth-order valence-electron chi connectivity index (χ4n) is 1.48. The lowest BCUT2D eigenvalue weighted by molar-refractivity contribution is 0.777. The summed E-state index contributed by atoms with van der Waals surface area (Å²) in [6, 6.07) is 4.30. The second-order valence-corrected chi connectivity index (χ2v) is 3.15. The van der Waals surface area contributed by atoms with E-state index >= 15 is 0 Å². The number of nitrogens with one attached hydrogen (secondary N) is 1. The highest BCUT2D eigenvalue weighted by atomic mass is 14.9. The SMILES string of the molecule is CCc1ccc(CNC)nc1CC. The van der Waals surface area contributed by atoms with E-state index in [2.05, 4.69) is 36.3 Å². The molecule has 0 aliphatic rings. The third-order valence-corrected chi connectivity index (χ3v) is 2.20. The largest absolute Gasteiger partial charge is 0.314 e. The first-order chi connectivity index (χ1) is 6.31. The van der Waals surface area contributed by atoms with Crippen LogP contribution < -0.4 is 5.32 Å². The van der Waals surface area contributed by atoms with Gasteiger partial charge >= 0.3 is 0 Å². The zero-order valence-corrected chi connectivity index (χ0v) is 8.72. The molecular weight excluding hydrogens is 160 g/mol. The van der Waals surface area contributed by atoms with Crippen molar-refractivity contribution in [2.24, 2.45) is 0 Å². The van der Waals surface area contributed by atoms with E-state index in [1.807, 2.05) is 7.05 Å². The lowest BCUT2D eigenvalue weighted by Crippen LogP contribution is -2.08. The summed E-state index contributed by atoms with van der Waals surface area (Å²) in [7, 11) is 1.95. The Bertz CT molecular complexity index is 269. The number of aromatic nitrogens is 1. The van der Waals surface area contributed by atoms with E-state index in [9.17, 15) is 0 Å². The smallest absolute Gasteiger partial charge is 0.0545 e. The normalized spacial score (nSPS) is 10.4. The number of rotatable bonds is 4. The summed E-state index contributed by atoms with van der Waals surface area (Å²) >= 11 is 0. The molecule has 0 bridgehead atoms. The summed E-state index contributed by atoms with van der Waals surface area (Å²) in [5, 5.41) is 3.11. The fourth-order valence-corrected chi connectivity index (χ4v) is 1.48. The van der Waals surface area contributed by atoms with Crippen molar-refractivity contribution in [3.8, 4) is 0 Å². The summed E-state index contributed by atoms with van der Waals surface area (Å²) in [5.74, 6) is 0. The van der Waals surface area contributed by atoms with Gasteiger partial charge in [-0.25, -0.2) is 0 Å². The second-order valence-electron chi connectivity index (χ2n) is 3.15. The maximum absolute atomic E-state index is 4.59. The van der Waals surface area contributed by atoms with Gasteiger partial charge < -0.3 is 5.32 Å². The molecule has 0 saturated carbocycles. The molecule has 0 saturated heterocycles. The fraction of sp³-hybridized carbons (Fsp3) is 0.545. The van der Waals surface area contributed by atoms with Gasteiger partial charge in [-0.1, -0.05) is 19.9 Å². The van der Waals surface area contributed by atoms with E-state index in [0.29, 0.717) is 0 Å². The molecule has 2 nitrogen and oxygen atoms in total. The van der Waals surface area contributed by atoms with E-state index in [1.165, 1.54) is 11.3 Å². The van der Waals surface area contributed by atoms with Gasteiger partial charge in [0, 0.05) is 12.2 Å². The average Bonchev–Trinajstić information content (AvgIpc) is 2.18. The van der Waals surface area contributed by atoms with Gasteiger partial charge in [0.05, 0.1) is 5.69 Å². The van der Waals surface area contributed by atoms with Crippen LogP contribution in [0.25, 0.3) is 0 Å². The minimum Gasteiger partial charge on any atom is -0.314 e. The van der Waals surface area contributed by atoms with Crippen LogP contribution in [0.4, 0.5) is 0 Å². The molecule has 0 amide bonds. The topological polar surface area (TPSA) is 24.9 Å². The Morgan fingerprint density at radius 3 is 2.54 bits per heavy atom. The van der Waals surface area contributed by atoms with Crippen LogP contribution in [-0.4, -0.2) is 12.0 Å². The molecule has 1 N–H and O–H groups in total. The third kappa shape index (κ3) is 2.52. The summed E-state index contributed by atoms with van der Waals surface area (Å²) in [4.78, 5) is 4.59. The van der Waals surface area contributed by atoms with Gasteiger partial charge in [-0.3, -0.25) is 4.98 Å². The highest BCUT2D eigenvalue weighted by Gasteiger charge is 2.01. The molecule has 13 heavy (non-hydrogen) atoms. The summed E-state index contributed by atoms with van der Waals surface area (Å²) in [6.07, 6.45) is 2.11. The van der Waals surface area contributed by atoms with E-state index in [-0.39, 0.29) is 0 Å². The Balaban J connectivity index is 2.91. The molecule has 0 atom stereocenters. The predicted molar refractivity (Wildman–Crippen MR) is 55.8 cm³/mol. The van der Waals surface area contributed by atoms with E-state index < -0.39 is 0 Å². The molecule has 0 radical (unpaired) electrons. The molecule has 0 aliphatic carbocycles. The van der Waals surface area contributed by atoms with Crippen LogP contribution >= 0.6 is 0 Å². The first kappa shape index (κ1) is 10.2. The van der Waals surface area contributed by atoms with Gasteiger partial charge in [-0.05, 0) is 31.5 Å². The maximum Gasteiger partial charge on any atom is 0.0545 e. The molecule has 0 aliphatic heterocycles. The Morgan fingerprint density at radius 2 is 2.00 bits per heavy atom.